The van der Waals surface area contributed by atoms with E-state index in [9.17, 15) is 4.79 Å². The van der Waals surface area contributed by atoms with Crippen LogP contribution in [0, 0.1) is 4.91 Å². The van der Waals surface area contributed by atoms with Crippen molar-refractivity contribution in [3.05, 3.63) is 4.91 Å². The van der Waals surface area contributed by atoms with Crippen LogP contribution >= 0.6 is 0 Å². The third-order valence-corrected chi connectivity index (χ3v) is 0.348. The predicted molar refractivity (Wildman–Crippen MR) is 29.9 cm³/mol. The summed E-state index contributed by atoms with van der Waals surface area (Å²) in [5, 5.41) is 7.89. The van der Waals surface area contributed by atoms with Crippen LogP contribution in [0.2, 0.25) is 0 Å². The molecule has 0 atom stereocenters. The molecule has 1 N–H and O–H groups in total. The van der Waals surface area contributed by atoms with Gasteiger partial charge in [0.05, 0.1) is 6.61 Å². The Morgan fingerprint density at radius 3 is 2.11 bits per heavy atom. The Kier molecular flexibility index (Phi) is 12.0. The highest BCUT2D eigenvalue weighted by molar-refractivity contribution is 5.65. The first-order valence-electron chi connectivity index (χ1n) is 2.29. The number of nitrogens with zero attached hydrogens (tertiary/aromatic N) is 1. The van der Waals surface area contributed by atoms with Crippen molar-refractivity contribution >= 4 is 5.97 Å². The first-order valence-corrected chi connectivity index (χ1v) is 2.29. The SMILES string of the molecule is CCOC(C)=O.O=NO. The first-order chi connectivity index (χ1) is 4.18. The van der Waals surface area contributed by atoms with Crippen LogP contribution in [0.1, 0.15) is 13.8 Å². The lowest BCUT2D eigenvalue weighted by Crippen LogP contribution is -1.95. The minimum Gasteiger partial charge on any atom is -0.466 e. The van der Waals surface area contributed by atoms with Crippen molar-refractivity contribution < 1.29 is 14.7 Å². The molecular weight excluding hydrogens is 126 g/mol. The summed E-state index contributed by atoms with van der Waals surface area (Å²) in [7, 11) is 0. The molecule has 0 fully saturated rings. The summed E-state index contributed by atoms with van der Waals surface area (Å²) in [6.45, 7) is 3.65. The molecule has 0 heterocycles. The standard InChI is InChI=1S/C4H8O2.HNO2/c1-3-6-4(2)5;2-1-3/h3H2,1-2H3;(H,2,3). The van der Waals surface area contributed by atoms with Gasteiger partial charge in [0.2, 0.25) is 0 Å². The summed E-state index contributed by atoms with van der Waals surface area (Å²) in [6, 6.07) is 0. The van der Waals surface area contributed by atoms with Gasteiger partial charge < -0.3 is 9.94 Å². The number of carbonyl (C=O) groups excluding carboxylic acids is 1. The van der Waals surface area contributed by atoms with Gasteiger partial charge in [-0.3, -0.25) is 4.79 Å². The maximum atomic E-state index is 9.82. The van der Waals surface area contributed by atoms with Gasteiger partial charge in [-0.15, -0.1) is 4.91 Å². The lowest BCUT2D eigenvalue weighted by molar-refractivity contribution is -0.140. The van der Waals surface area contributed by atoms with Gasteiger partial charge in [0.25, 0.3) is 0 Å². The maximum Gasteiger partial charge on any atom is 0.302 e. The monoisotopic (exact) mass is 135 g/mol. The Bertz CT molecular complexity index is 82.6. The molecule has 54 valence electrons. The number of rotatable bonds is 1. The topological polar surface area (TPSA) is 76.0 Å². The van der Waals surface area contributed by atoms with Crippen LogP contribution in [-0.4, -0.2) is 17.8 Å². The molecule has 0 aromatic rings. The molecule has 0 aliphatic carbocycles. The highest BCUT2D eigenvalue weighted by Gasteiger charge is 1.81. The van der Waals surface area contributed by atoms with Gasteiger partial charge in [-0.25, -0.2) is 0 Å². The largest absolute Gasteiger partial charge is 0.466 e. The van der Waals surface area contributed by atoms with Crippen molar-refractivity contribution in [2.24, 2.45) is 5.34 Å². The summed E-state index contributed by atoms with van der Waals surface area (Å²) in [5.41, 5.74) is 0. The molecule has 9 heavy (non-hydrogen) atoms. The Labute approximate surface area is 52.6 Å². The van der Waals surface area contributed by atoms with E-state index < -0.39 is 0 Å². The van der Waals surface area contributed by atoms with Crippen molar-refractivity contribution in [2.75, 3.05) is 6.61 Å². The zero-order valence-corrected chi connectivity index (χ0v) is 5.33. The number of esters is 1. The van der Waals surface area contributed by atoms with Crippen LogP contribution in [-0.2, 0) is 9.53 Å². The molecule has 0 bridgehead atoms. The summed E-state index contributed by atoms with van der Waals surface area (Å²) < 4.78 is 4.40. The summed E-state index contributed by atoms with van der Waals surface area (Å²) in [4.78, 5) is 17.9. The van der Waals surface area contributed by atoms with E-state index in [-0.39, 0.29) is 5.97 Å². The van der Waals surface area contributed by atoms with Gasteiger partial charge in [-0.05, 0) is 6.92 Å². The predicted octanol–water partition coefficient (Wildman–Crippen LogP) is 0.711. The second-order valence-electron chi connectivity index (χ2n) is 1.01. The molecule has 0 aromatic heterocycles. The van der Waals surface area contributed by atoms with Gasteiger partial charge >= 0.3 is 5.97 Å². The van der Waals surface area contributed by atoms with Crippen molar-refractivity contribution in [3.8, 4) is 0 Å². The van der Waals surface area contributed by atoms with Crippen molar-refractivity contribution in [2.45, 2.75) is 13.8 Å². The van der Waals surface area contributed by atoms with Gasteiger partial charge in [0.15, 0.2) is 5.34 Å². The highest BCUT2D eigenvalue weighted by atomic mass is 16.6. The first kappa shape index (κ1) is 10.8. The fraction of sp³-hybridized carbons (Fsp3) is 0.750. The van der Waals surface area contributed by atoms with E-state index in [0.29, 0.717) is 6.61 Å². The second kappa shape index (κ2) is 9.98. The molecule has 0 amide bonds. The van der Waals surface area contributed by atoms with E-state index in [2.05, 4.69) is 4.74 Å². The summed E-state index contributed by atoms with van der Waals surface area (Å²) in [6.07, 6.45) is 0. The zero-order chi connectivity index (χ0) is 7.70. The number of hydrogen-bond donors (Lipinski definition) is 1. The quantitative estimate of drug-likeness (QED) is 0.326. The Morgan fingerprint density at radius 1 is 1.78 bits per heavy atom. The highest BCUT2D eigenvalue weighted by Crippen LogP contribution is 1.69. The summed E-state index contributed by atoms with van der Waals surface area (Å²) in [5.74, 6) is -0.211. The lowest BCUT2D eigenvalue weighted by Gasteiger charge is -1.89. The van der Waals surface area contributed by atoms with Gasteiger partial charge in [-0.1, -0.05) is 0 Å². The normalized spacial score (nSPS) is 6.44. The van der Waals surface area contributed by atoms with E-state index in [1.807, 2.05) is 0 Å². The van der Waals surface area contributed by atoms with Crippen LogP contribution in [0.4, 0.5) is 0 Å². The maximum absolute atomic E-state index is 9.82. The molecule has 0 radical (unpaired) electrons. The third-order valence-electron chi connectivity index (χ3n) is 0.348. The van der Waals surface area contributed by atoms with Crippen molar-refractivity contribution in [1.82, 2.24) is 0 Å². The van der Waals surface area contributed by atoms with E-state index in [1.54, 1.807) is 6.92 Å². The van der Waals surface area contributed by atoms with Gasteiger partial charge in [0, 0.05) is 6.92 Å². The molecule has 0 spiro atoms. The minimum atomic E-state index is -0.211. The smallest absolute Gasteiger partial charge is 0.302 e. The minimum absolute atomic E-state index is 0.211. The van der Waals surface area contributed by atoms with Gasteiger partial charge in [0.1, 0.15) is 0 Å². The molecule has 0 unspecified atom stereocenters. The second-order valence-corrected chi connectivity index (χ2v) is 1.01. The van der Waals surface area contributed by atoms with Crippen LogP contribution < -0.4 is 0 Å². The number of ether oxygens (including phenoxy) is 1. The Morgan fingerprint density at radius 2 is 2.11 bits per heavy atom. The lowest BCUT2D eigenvalue weighted by atomic mass is 10.8. The van der Waals surface area contributed by atoms with E-state index >= 15 is 0 Å². The molecule has 0 aliphatic heterocycles. The Hall–Kier alpha value is -1.13. The fourth-order valence-electron chi connectivity index (χ4n) is 0.203. The van der Waals surface area contributed by atoms with Crippen molar-refractivity contribution in [1.29, 1.82) is 0 Å². The molecular formula is C4H9NO4. The van der Waals surface area contributed by atoms with Crippen LogP contribution in [0.25, 0.3) is 0 Å². The molecule has 5 nitrogen and oxygen atoms in total. The van der Waals surface area contributed by atoms with E-state index in [0.717, 1.165) is 0 Å². The molecule has 0 saturated heterocycles. The van der Waals surface area contributed by atoms with E-state index in [1.165, 1.54) is 12.3 Å². The van der Waals surface area contributed by atoms with Crippen LogP contribution in [0.5, 0.6) is 0 Å². The number of carbonyl (C=O) groups is 1. The van der Waals surface area contributed by atoms with E-state index in [4.69, 9.17) is 10.1 Å². The molecule has 5 heteroatoms. The molecule has 0 aliphatic rings. The van der Waals surface area contributed by atoms with Crippen molar-refractivity contribution in [3.63, 3.8) is 0 Å². The van der Waals surface area contributed by atoms with Crippen LogP contribution in [0.3, 0.4) is 0 Å². The van der Waals surface area contributed by atoms with Gasteiger partial charge in [-0.2, -0.15) is 0 Å². The number of hydrogen-bond acceptors (Lipinski definition) is 4. The zero-order valence-electron chi connectivity index (χ0n) is 5.33. The van der Waals surface area contributed by atoms with Crippen LogP contribution in [0.15, 0.2) is 5.34 Å². The Balaban J connectivity index is 0. The average molecular weight is 135 g/mol. The fourth-order valence-corrected chi connectivity index (χ4v) is 0.203. The molecule has 0 rings (SSSR count). The summed E-state index contributed by atoms with van der Waals surface area (Å²) >= 11 is 0. The molecule has 0 saturated carbocycles. The average Bonchev–Trinajstić information content (AvgIpc) is 1.67. The molecule has 0 aromatic carbocycles. The third kappa shape index (κ3) is 46.6.